The Kier molecular flexibility index (Phi) is 4.01. The number of aromatic nitrogens is 2. The molecule has 0 amide bonds. The van der Waals surface area contributed by atoms with Gasteiger partial charge in [-0.15, -0.1) is 0 Å². The molecule has 0 aliphatic rings. The first-order chi connectivity index (χ1) is 8.66. The standard InChI is InChI=1S/C12H15BN2O3/c1-15-11(6-8-14-15)7-9-18-12-4-2-10(3-5-12)13(16)17/h2-6,8,16-17H,7,9H2,1H3. The summed E-state index contributed by atoms with van der Waals surface area (Å²) in [6, 6.07) is 8.65. The molecule has 0 spiro atoms. The number of benzene rings is 1. The minimum absolute atomic E-state index is 0.453. The van der Waals surface area contributed by atoms with Crippen molar-refractivity contribution >= 4 is 12.6 Å². The summed E-state index contributed by atoms with van der Waals surface area (Å²) in [4.78, 5) is 0. The van der Waals surface area contributed by atoms with Gasteiger partial charge in [0.25, 0.3) is 0 Å². The van der Waals surface area contributed by atoms with Crippen LogP contribution in [0.2, 0.25) is 0 Å². The first-order valence-corrected chi connectivity index (χ1v) is 5.72. The van der Waals surface area contributed by atoms with Gasteiger partial charge in [0, 0.05) is 25.4 Å². The van der Waals surface area contributed by atoms with Gasteiger partial charge >= 0.3 is 7.12 Å². The van der Waals surface area contributed by atoms with Crippen molar-refractivity contribution in [3.8, 4) is 5.75 Å². The molecule has 1 aromatic carbocycles. The zero-order valence-corrected chi connectivity index (χ0v) is 10.2. The third-order valence-electron chi connectivity index (χ3n) is 2.73. The number of rotatable bonds is 5. The Balaban J connectivity index is 1.85. The highest BCUT2D eigenvalue weighted by Crippen LogP contribution is 2.08. The summed E-state index contributed by atoms with van der Waals surface area (Å²) in [5, 5.41) is 22.0. The fraction of sp³-hybridized carbons (Fsp3) is 0.250. The van der Waals surface area contributed by atoms with E-state index in [9.17, 15) is 0 Å². The van der Waals surface area contributed by atoms with Crippen molar-refractivity contribution in [3.63, 3.8) is 0 Å². The van der Waals surface area contributed by atoms with Gasteiger partial charge in [-0.2, -0.15) is 5.10 Å². The predicted octanol–water partition coefficient (Wildman–Crippen LogP) is -0.279. The van der Waals surface area contributed by atoms with Gasteiger partial charge in [-0.25, -0.2) is 0 Å². The lowest BCUT2D eigenvalue weighted by atomic mass is 9.80. The van der Waals surface area contributed by atoms with E-state index in [-0.39, 0.29) is 0 Å². The van der Waals surface area contributed by atoms with Gasteiger partial charge in [-0.1, -0.05) is 12.1 Å². The number of hydrogen-bond acceptors (Lipinski definition) is 4. The smallest absolute Gasteiger partial charge is 0.488 e. The second kappa shape index (κ2) is 5.70. The van der Waals surface area contributed by atoms with Gasteiger partial charge in [0.1, 0.15) is 5.75 Å². The van der Waals surface area contributed by atoms with Crippen LogP contribution in [0.1, 0.15) is 5.69 Å². The van der Waals surface area contributed by atoms with Crippen molar-refractivity contribution in [2.45, 2.75) is 6.42 Å². The molecule has 0 bridgehead atoms. The molecule has 2 rings (SSSR count). The number of aryl methyl sites for hydroxylation is 1. The molecular formula is C12H15BN2O3. The van der Waals surface area contributed by atoms with E-state index in [2.05, 4.69) is 5.10 Å². The zero-order valence-electron chi connectivity index (χ0n) is 10.2. The Morgan fingerprint density at radius 3 is 2.50 bits per heavy atom. The van der Waals surface area contributed by atoms with E-state index < -0.39 is 7.12 Å². The van der Waals surface area contributed by atoms with Crippen LogP contribution in [0.25, 0.3) is 0 Å². The van der Waals surface area contributed by atoms with Crippen LogP contribution in [-0.4, -0.2) is 33.6 Å². The molecule has 0 unspecified atom stereocenters. The maximum Gasteiger partial charge on any atom is 0.488 e. The van der Waals surface area contributed by atoms with Crippen molar-refractivity contribution in [1.82, 2.24) is 9.78 Å². The van der Waals surface area contributed by atoms with Gasteiger partial charge < -0.3 is 14.8 Å². The van der Waals surface area contributed by atoms with Gasteiger partial charge in [0.05, 0.1) is 6.61 Å². The maximum atomic E-state index is 8.95. The molecule has 0 radical (unpaired) electrons. The Labute approximate surface area is 106 Å². The monoisotopic (exact) mass is 246 g/mol. The van der Waals surface area contributed by atoms with E-state index in [4.69, 9.17) is 14.8 Å². The summed E-state index contributed by atoms with van der Waals surface area (Å²) < 4.78 is 7.38. The normalized spacial score (nSPS) is 10.4. The molecule has 0 aliphatic heterocycles. The summed E-state index contributed by atoms with van der Waals surface area (Å²) in [7, 11) is 0.459. The summed E-state index contributed by atoms with van der Waals surface area (Å²) >= 11 is 0. The third-order valence-corrected chi connectivity index (χ3v) is 2.73. The molecule has 2 N–H and O–H groups in total. The van der Waals surface area contributed by atoms with Gasteiger partial charge in [0.2, 0.25) is 0 Å². The van der Waals surface area contributed by atoms with Gasteiger partial charge in [-0.3, -0.25) is 4.68 Å². The van der Waals surface area contributed by atoms with Crippen LogP contribution in [0, 0.1) is 0 Å². The lowest BCUT2D eigenvalue weighted by Gasteiger charge is -2.07. The highest BCUT2D eigenvalue weighted by Gasteiger charge is 2.09. The topological polar surface area (TPSA) is 67.5 Å². The van der Waals surface area contributed by atoms with Crippen molar-refractivity contribution < 1.29 is 14.8 Å². The first-order valence-electron chi connectivity index (χ1n) is 5.72. The van der Waals surface area contributed by atoms with E-state index in [0.29, 0.717) is 17.8 Å². The maximum absolute atomic E-state index is 8.95. The Morgan fingerprint density at radius 2 is 1.94 bits per heavy atom. The van der Waals surface area contributed by atoms with Gasteiger partial charge in [0.15, 0.2) is 0 Å². The first kappa shape index (κ1) is 12.7. The molecule has 18 heavy (non-hydrogen) atoms. The Bertz CT molecular complexity index is 496. The van der Waals surface area contributed by atoms with Crippen molar-refractivity contribution in [2.75, 3.05) is 6.61 Å². The number of nitrogens with zero attached hydrogens (tertiary/aromatic N) is 2. The molecule has 0 saturated heterocycles. The molecule has 2 aromatic rings. The van der Waals surface area contributed by atoms with Crippen LogP contribution in [0.15, 0.2) is 36.5 Å². The largest absolute Gasteiger partial charge is 0.493 e. The second-order valence-electron chi connectivity index (χ2n) is 3.99. The van der Waals surface area contributed by atoms with Crippen LogP contribution in [0.4, 0.5) is 0 Å². The lowest BCUT2D eigenvalue weighted by molar-refractivity contribution is 0.318. The number of hydrogen-bond donors (Lipinski definition) is 2. The summed E-state index contributed by atoms with van der Waals surface area (Å²) in [6.45, 7) is 0.556. The molecule has 0 atom stereocenters. The summed E-state index contributed by atoms with van der Waals surface area (Å²) in [5.41, 5.74) is 1.56. The molecule has 94 valence electrons. The fourth-order valence-corrected chi connectivity index (χ4v) is 1.66. The van der Waals surface area contributed by atoms with E-state index in [1.165, 1.54) is 0 Å². The van der Waals surface area contributed by atoms with E-state index in [0.717, 1.165) is 12.1 Å². The van der Waals surface area contributed by atoms with Crippen molar-refractivity contribution in [1.29, 1.82) is 0 Å². The quantitative estimate of drug-likeness (QED) is 0.712. The molecular weight excluding hydrogens is 231 g/mol. The van der Waals surface area contributed by atoms with E-state index >= 15 is 0 Å². The molecule has 5 nitrogen and oxygen atoms in total. The minimum Gasteiger partial charge on any atom is -0.493 e. The second-order valence-corrected chi connectivity index (χ2v) is 3.99. The molecule has 0 fully saturated rings. The molecule has 0 aliphatic carbocycles. The van der Waals surface area contributed by atoms with Gasteiger partial charge in [-0.05, 0) is 23.7 Å². The molecule has 0 saturated carbocycles. The Morgan fingerprint density at radius 1 is 1.22 bits per heavy atom. The van der Waals surface area contributed by atoms with Crippen molar-refractivity contribution in [3.05, 3.63) is 42.2 Å². The van der Waals surface area contributed by atoms with Crippen molar-refractivity contribution in [2.24, 2.45) is 7.05 Å². The van der Waals surface area contributed by atoms with E-state index in [1.54, 1.807) is 30.5 Å². The highest BCUT2D eigenvalue weighted by molar-refractivity contribution is 6.58. The average molecular weight is 246 g/mol. The lowest BCUT2D eigenvalue weighted by Crippen LogP contribution is -2.29. The van der Waals surface area contributed by atoms with E-state index in [1.807, 2.05) is 17.8 Å². The van der Waals surface area contributed by atoms with Crippen LogP contribution < -0.4 is 10.2 Å². The Hall–Kier alpha value is -1.79. The SMILES string of the molecule is Cn1nccc1CCOc1ccc(B(O)O)cc1. The highest BCUT2D eigenvalue weighted by atomic mass is 16.5. The summed E-state index contributed by atoms with van der Waals surface area (Å²) in [6.07, 6.45) is 2.54. The molecule has 1 heterocycles. The van der Waals surface area contributed by atoms with Crippen LogP contribution in [0.5, 0.6) is 5.75 Å². The molecule has 1 aromatic heterocycles. The molecule has 6 heteroatoms. The fourth-order valence-electron chi connectivity index (χ4n) is 1.66. The van der Waals surface area contributed by atoms with Crippen LogP contribution in [0.3, 0.4) is 0 Å². The van der Waals surface area contributed by atoms with Crippen LogP contribution in [-0.2, 0) is 13.5 Å². The average Bonchev–Trinajstić information content (AvgIpc) is 2.76. The number of ether oxygens (including phenoxy) is 1. The predicted molar refractivity (Wildman–Crippen MR) is 68.7 cm³/mol. The van der Waals surface area contributed by atoms with Crippen LogP contribution >= 0.6 is 0 Å². The zero-order chi connectivity index (χ0) is 13.0. The third kappa shape index (κ3) is 3.12. The minimum atomic E-state index is -1.44. The summed E-state index contributed by atoms with van der Waals surface area (Å²) in [5.74, 6) is 0.710.